The number of benzene rings is 3. The number of hydrogen-bond acceptors (Lipinski definition) is 7. The molecule has 0 aliphatic rings. The van der Waals surface area contributed by atoms with E-state index in [0.29, 0.717) is 5.69 Å². The fourth-order valence-corrected chi connectivity index (χ4v) is 3.46. The van der Waals surface area contributed by atoms with Crippen molar-refractivity contribution in [1.29, 1.82) is 0 Å². The molecule has 0 heterocycles. The summed E-state index contributed by atoms with van der Waals surface area (Å²) in [6, 6.07) is 19.4. The van der Waals surface area contributed by atoms with Crippen molar-refractivity contribution in [3.63, 3.8) is 0 Å². The maximum absolute atomic E-state index is 13.2. The average molecular weight is 505 g/mol. The van der Waals surface area contributed by atoms with E-state index in [2.05, 4.69) is 5.32 Å². The fraction of sp³-hybridized carbons (Fsp3) is 0.214. The van der Waals surface area contributed by atoms with E-state index in [-0.39, 0.29) is 11.1 Å². The summed E-state index contributed by atoms with van der Waals surface area (Å²) >= 11 is 0. The van der Waals surface area contributed by atoms with E-state index in [1.165, 1.54) is 24.3 Å². The molecule has 0 radical (unpaired) electrons. The Morgan fingerprint density at radius 3 is 1.68 bits per heavy atom. The lowest BCUT2D eigenvalue weighted by molar-refractivity contribution is -0.157. The molecule has 3 aromatic carbocycles. The molecule has 0 saturated heterocycles. The van der Waals surface area contributed by atoms with Gasteiger partial charge in [-0.25, -0.2) is 14.4 Å². The van der Waals surface area contributed by atoms with Crippen LogP contribution in [0.3, 0.4) is 0 Å². The van der Waals surface area contributed by atoms with Crippen molar-refractivity contribution in [2.45, 2.75) is 26.1 Å². The first-order chi connectivity index (χ1) is 17.5. The molecule has 37 heavy (non-hydrogen) atoms. The number of anilines is 2. The molecule has 0 unspecified atom stereocenters. The zero-order valence-corrected chi connectivity index (χ0v) is 20.9. The summed E-state index contributed by atoms with van der Waals surface area (Å²) in [6.07, 6.45) is -4.09. The minimum Gasteiger partial charge on any atom is -0.478 e. The van der Waals surface area contributed by atoms with E-state index >= 15 is 0 Å². The lowest BCUT2D eigenvalue weighted by Crippen LogP contribution is -2.48. The summed E-state index contributed by atoms with van der Waals surface area (Å²) in [5, 5.41) is 12.4. The first-order valence-corrected chi connectivity index (χ1v) is 11.4. The van der Waals surface area contributed by atoms with Crippen molar-refractivity contribution in [2.24, 2.45) is 0 Å². The molecule has 2 atom stereocenters. The van der Waals surface area contributed by atoms with Crippen LogP contribution in [-0.4, -0.2) is 55.2 Å². The number of carboxylic acids is 1. The number of carboxylic acid groups (broad SMARTS) is 1. The number of aliphatic carboxylic acids is 1. The number of nitrogens with one attached hydrogen (secondary N) is 1. The van der Waals surface area contributed by atoms with Crippen LogP contribution in [0.15, 0.2) is 72.8 Å². The van der Waals surface area contributed by atoms with Gasteiger partial charge in [-0.2, -0.15) is 0 Å². The van der Waals surface area contributed by atoms with Crippen molar-refractivity contribution < 1.29 is 33.8 Å². The predicted octanol–water partition coefficient (Wildman–Crippen LogP) is 3.84. The highest BCUT2D eigenvalue weighted by atomic mass is 16.6. The third kappa shape index (κ3) is 7.17. The molecule has 0 fully saturated rings. The Hall–Kier alpha value is -4.66. The van der Waals surface area contributed by atoms with Crippen LogP contribution in [0.2, 0.25) is 0 Å². The summed E-state index contributed by atoms with van der Waals surface area (Å²) in [5.74, 6) is -4.54. The number of carbonyl (C=O) groups excluding carboxylic acids is 3. The number of rotatable bonds is 9. The van der Waals surface area contributed by atoms with Crippen LogP contribution >= 0.6 is 0 Å². The van der Waals surface area contributed by atoms with Gasteiger partial charge in [0, 0.05) is 25.5 Å². The van der Waals surface area contributed by atoms with Crippen molar-refractivity contribution >= 4 is 35.2 Å². The SMILES string of the molecule is Cc1cccc(C(=O)O[C@@H](C(=O)O)[C@@H](OC(=O)c2cccc(C)c2)C(=O)Nc2ccc(N(C)C)cc2)c1. The Morgan fingerprint density at radius 2 is 1.24 bits per heavy atom. The summed E-state index contributed by atoms with van der Waals surface area (Å²) in [6.45, 7) is 3.52. The van der Waals surface area contributed by atoms with Gasteiger partial charge in [-0.15, -0.1) is 0 Å². The van der Waals surface area contributed by atoms with Gasteiger partial charge in [0.05, 0.1) is 11.1 Å². The van der Waals surface area contributed by atoms with Crippen molar-refractivity contribution in [3.8, 4) is 0 Å². The molecule has 1 amide bonds. The lowest BCUT2D eigenvalue weighted by Gasteiger charge is -2.24. The maximum atomic E-state index is 13.2. The van der Waals surface area contributed by atoms with Gasteiger partial charge in [0.1, 0.15) is 0 Å². The smallest absolute Gasteiger partial charge is 0.349 e. The summed E-state index contributed by atoms with van der Waals surface area (Å²) in [7, 11) is 3.71. The number of carbonyl (C=O) groups is 4. The highest BCUT2D eigenvalue weighted by molar-refractivity contribution is 6.01. The quantitative estimate of drug-likeness (QED) is 0.422. The summed E-state index contributed by atoms with van der Waals surface area (Å²) in [4.78, 5) is 52.9. The van der Waals surface area contributed by atoms with Crippen LogP contribution in [0.1, 0.15) is 31.8 Å². The Morgan fingerprint density at radius 1 is 0.757 bits per heavy atom. The molecule has 0 spiro atoms. The monoisotopic (exact) mass is 504 g/mol. The fourth-order valence-electron chi connectivity index (χ4n) is 3.46. The van der Waals surface area contributed by atoms with E-state index in [1.54, 1.807) is 62.4 Å². The molecule has 0 bridgehead atoms. The molecule has 0 aliphatic carbocycles. The number of aryl methyl sites for hydroxylation is 2. The molecule has 3 aromatic rings. The molecular formula is C28H28N2O7. The van der Waals surface area contributed by atoms with Gasteiger partial charge in [0.25, 0.3) is 5.91 Å². The Balaban J connectivity index is 1.91. The second-order valence-corrected chi connectivity index (χ2v) is 8.66. The molecule has 192 valence electrons. The number of esters is 2. The van der Waals surface area contributed by atoms with E-state index in [0.717, 1.165) is 16.8 Å². The Labute approximate surface area is 214 Å². The van der Waals surface area contributed by atoms with E-state index in [9.17, 15) is 24.3 Å². The van der Waals surface area contributed by atoms with Gasteiger partial charge in [-0.1, -0.05) is 35.4 Å². The largest absolute Gasteiger partial charge is 0.478 e. The van der Waals surface area contributed by atoms with Crippen molar-refractivity contribution in [2.75, 3.05) is 24.3 Å². The topological polar surface area (TPSA) is 122 Å². The van der Waals surface area contributed by atoms with E-state index in [4.69, 9.17) is 9.47 Å². The molecule has 3 rings (SSSR count). The van der Waals surface area contributed by atoms with Crippen molar-refractivity contribution in [1.82, 2.24) is 0 Å². The average Bonchev–Trinajstić information content (AvgIpc) is 2.86. The van der Waals surface area contributed by atoms with Crippen LogP contribution in [0, 0.1) is 13.8 Å². The molecular weight excluding hydrogens is 476 g/mol. The van der Waals surface area contributed by atoms with Gasteiger partial charge in [-0.05, 0) is 62.4 Å². The van der Waals surface area contributed by atoms with Gasteiger partial charge in [0.15, 0.2) is 0 Å². The standard InChI is InChI=1S/C28H28N2O7/c1-17-7-5-9-19(15-17)27(34)36-23(25(31)29-21-11-13-22(14-12-21)30(3)4)24(26(32)33)37-28(35)20-10-6-8-18(2)16-20/h5-16,23-24H,1-4H3,(H,29,31)(H,32,33)/t23-,24-/m1/s1. The van der Waals surface area contributed by atoms with Crippen LogP contribution in [0.5, 0.6) is 0 Å². The Kier molecular flexibility index (Phi) is 8.63. The first kappa shape index (κ1) is 26.9. The highest BCUT2D eigenvalue weighted by Crippen LogP contribution is 2.19. The van der Waals surface area contributed by atoms with Crippen LogP contribution in [0.25, 0.3) is 0 Å². The molecule has 2 N–H and O–H groups in total. The van der Waals surface area contributed by atoms with Gasteiger partial charge in [0.2, 0.25) is 12.2 Å². The number of nitrogens with zero attached hydrogens (tertiary/aromatic N) is 1. The van der Waals surface area contributed by atoms with E-state index in [1.807, 2.05) is 19.0 Å². The third-order valence-corrected chi connectivity index (χ3v) is 5.40. The van der Waals surface area contributed by atoms with Gasteiger partial charge >= 0.3 is 17.9 Å². The second kappa shape index (κ2) is 11.9. The highest BCUT2D eigenvalue weighted by Gasteiger charge is 2.41. The van der Waals surface area contributed by atoms with Gasteiger partial charge in [-0.3, -0.25) is 4.79 Å². The minimum absolute atomic E-state index is 0.0923. The second-order valence-electron chi connectivity index (χ2n) is 8.66. The van der Waals surface area contributed by atoms with Crippen LogP contribution < -0.4 is 10.2 Å². The zero-order valence-electron chi connectivity index (χ0n) is 20.9. The predicted molar refractivity (Wildman–Crippen MR) is 138 cm³/mol. The van der Waals surface area contributed by atoms with E-state index < -0.39 is 36.0 Å². The first-order valence-electron chi connectivity index (χ1n) is 11.4. The van der Waals surface area contributed by atoms with Crippen LogP contribution in [-0.2, 0) is 19.1 Å². The molecule has 9 nitrogen and oxygen atoms in total. The third-order valence-electron chi connectivity index (χ3n) is 5.40. The molecule has 0 aliphatic heterocycles. The lowest BCUT2D eigenvalue weighted by atomic mass is 10.1. The Bertz CT molecular complexity index is 1300. The maximum Gasteiger partial charge on any atom is 0.349 e. The molecule has 0 aromatic heterocycles. The van der Waals surface area contributed by atoms with Crippen molar-refractivity contribution in [3.05, 3.63) is 95.1 Å². The number of amides is 1. The number of ether oxygens (including phenoxy) is 2. The van der Waals surface area contributed by atoms with Crippen LogP contribution in [0.4, 0.5) is 11.4 Å². The summed E-state index contributed by atoms with van der Waals surface area (Å²) in [5.41, 5.74) is 2.93. The summed E-state index contributed by atoms with van der Waals surface area (Å²) < 4.78 is 10.6. The minimum atomic E-state index is -2.11. The number of hydrogen-bond donors (Lipinski definition) is 2. The molecule has 0 saturated carbocycles. The van der Waals surface area contributed by atoms with Gasteiger partial charge < -0.3 is 24.8 Å². The molecule has 9 heteroatoms. The normalized spacial score (nSPS) is 12.1. The zero-order chi connectivity index (χ0) is 27.1.